The number of hydrogen-bond acceptors (Lipinski definition) is 5. The number of carbonyl (C=O) groups is 1. The monoisotopic (exact) mass is 370 g/mol. The number of aromatic nitrogens is 4. The Kier molecular flexibility index (Phi) is 4.82. The number of piperidine rings is 1. The van der Waals surface area contributed by atoms with Gasteiger partial charge >= 0.3 is 0 Å². The molecule has 0 aromatic carbocycles. The van der Waals surface area contributed by atoms with Crippen LogP contribution in [0.1, 0.15) is 35.6 Å². The van der Waals surface area contributed by atoms with Crippen LogP contribution in [0, 0.1) is 19.8 Å². The van der Waals surface area contributed by atoms with Crippen LogP contribution < -0.4 is 5.56 Å². The lowest BCUT2D eigenvalue weighted by Crippen LogP contribution is -2.48. The molecule has 2 aromatic heterocycles. The highest BCUT2D eigenvalue weighted by molar-refractivity contribution is 5.79. The van der Waals surface area contributed by atoms with Crippen molar-refractivity contribution in [2.45, 2.75) is 45.7 Å². The number of hydrogen-bond donors (Lipinski definition) is 2. The molecule has 2 atom stereocenters. The number of rotatable bonds is 4. The standard InChI is InChI=1S/C19H26N6O2/c1-12-17(22-11-21-12)10-24-7-14-3-4-16(9-24)25(8-14)18(26)5-15-6-20-13(2)23-19(15)27/h6,11,14,16H,3-5,7-10H2,1-2H3,(H,21,22)(H,20,23,27)/t14-,16+/m0/s1. The van der Waals surface area contributed by atoms with Crippen molar-refractivity contribution < 1.29 is 4.79 Å². The van der Waals surface area contributed by atoms with Gasteiger partial charge in [-0.3, -0.25) is 14.5 Å². The summed E-state index contributed by atoms with van der Waals surface area (Å²) < 4.78 is 0. The highest BCUT2D eigenvalue weighted by Crippen LogP contribution is 2.29. The van der Waals surface area contributed by atoms with E-state index < -0.39 is 0 Å². The fourth-order valence-electron chi connectivity index (χ4n) is 4.27. The van der Waals surface area contributed by atoms with Crippen LogP contribution >= 0.6 is 0 Å². The van der Waals surface area contributed by atoms with E-state index in [1.165, 1.54) is 6.20 Å². The Morgan fingerprint density at radius 1 is 1.22 bits per heavy atom. The molecular formula is C19H26N6O2. The average molecular weight is 370 g/mol. The Balaban J connectivity index is 1.46. The van der Waals surface area contributed by atoms with E-state index in [9.17, 15) is 9.59 Å². The van der Waals surface area contributed by atoms with Gasteiger partial charge in [0.15, 0.2) is 0 Å². The van der Waals surface area contributed by atoms with Gasteiger partial charge < -0.3 is 14.9 Å². The molecular weight excluding hydrogens is 344 g/mol. The summed E-state index contributed by atoms with van der Waals surface area (Å²) in [5.41, 5.74) is 2.40. The second kappa shape index (κ2) is 7.26. The molecule has 0 spiro atoms. The van der Waals surface area contributed by atoms with E-state index in [2.05, 4.69) is 24.8 Å². The van der Waals surface area contributed by atoms with Crippen molar-refractivity contribution in [3.05, 3.63) is 45.7 Å². The Labute approximate surface area is 158 Å². The zero-order valence-electron chi connectivity index (χ0n) is 15.9. The number of amides is 1. The number of nitrogens with zero attached hydrogens (tertiary/aromatic N) is 4. The Hall–Kier alpha value is -2.48. The lowest BCUT2D eigenvalue weighted by atomic mass is 9.94. The smallest absolute Gasteiger partial charge is 0.254 e. The molecule has 0 saturated carbocycles. The summed E-state index contributed by atoms with van der Waals surface area (Å²) in [6, 6.07) is 0.202. The third-order valence-corrected chi connectivity index (χ3v) is 5.76. The van der Waals surface area contributed by atoms with Gasteiger partial charge in [-0.05, 0) is 32.6 Å². The molecule has 144 valence electrons. The second-order valence-corrected chi connectivity index (χ2v) is 7.81. The topological polar surface area (TPSA) is 98.0 Å². The Bertz CT molecular complexity index is 888. The zero-order valence-corrected chi connectivity index (χ0v) is 15.9. The molecule has 5 heterocycles. The molecule has 5 rings (SSSR count). The number of aromatic amines is 2. The summed E-state index contributed by atoms with van der Waals surface area (Å²) in [7, 11) is 0. The molecule has 2 aromatic rings. The highest BCUT2D eigenvalue weighted by atomic mass is 16.2. The van der Waals surface area contributed by atoms with Crippen molar-refractivity contribution >= 4 is 5.91 Å². The third-order valence-electron chi connectivity index (χ3n) is 5.76. The van der Waals surface area contributed by atoms with E-state index in [4.69, 9.17) is 0 Å². The molecule has 0 unspecified atom stereocenters. The van der Waals surface area contributed by atoms with Crippen LogP contribution in [0.4, 0.5) is 0 Å². The van der Waals surface area contributed by atoms with Crippen LogP contribution in [0.3, 0.4) is 0 Å². The number of imidazole rings is 1. The van der Waals surface area contributed by atoms with Crippen molar-refractivity contribution in [1.82, 2.24) is 29.7 Å². The number of nitrogens with one attached hydrogen (secondary N) is 2. The van der Waals surface area contributed by atoms with E-state index >= 15 is 0 Å². The summed E-state index contributed by atoms with van der Waals surface area (Å²) in [5.74, 6) is 1.06. The summed E-state index contributed by atoms with van der Waals surface area (Å²) >= 11 is 0. The molecule has 8 heteroatoms. The number of carbonyl (C=O) groups excluding carboxylic acids is 1. The van der Waals surface area contributed by atoms with Crippen molar-refractivity contribution in [3.63, 3.8) is 0 Å². The molecule has 3 aliphatic rings. The quantitative estimate of drug-likeness (QED) is 0.829. The van der Waals surface area contributed by atoms with Gasteiger partial charge in [0, 0.05) is 49.7 Å². The Morgan fingerprint density at radius 2 is 2.07 bits per heavy atom. The second-order valence-electron chi connectivity index (χ2n) is 7.81. The van der Waals surface area contributed by atoms with Crippen molar-refractivity contribution in [2.24, 2.45) is 5.92 Å². The maximum absolute atomic E-state index is 12.9. The Morgan fingerprint density at radius 3 is 2.81 bits per heavy atom. The summed E-state index contributed by atoms with van der Waals surface area (Å²) in [5, 5.41) is 0. The van der Waals surface area contributed by atoms with Gasteiger partial charge in [0.1, 0.15) is 5.82 Å². The van der Waals surface area contributed by atoms with Crippen molar-refractivity contribution in [2.75, 3.05) is 19.6 Å². The van der Waals surface area contributed by atoms with E-state index in [-0.39, 0.29) is 23.9 Å². The van der Waals surface area contributed by atoms with Crippen LogP contribution in [0.25, 0.3) is 0 Å². The normalized spacial score (nSPS) is 22.8. The molecule has 0 radical (unpaired) electrons. The molecule has 3 aliphatic heterocycles. The molecule has 8 nitrogen and oxygen atoms in total. The van der Waals surface area contributed by atoms with Crippen LogP contribution in [0.2, 0.25) is 0 Å². The molecule has 0 aliphatic carbocycles. The van der Waals surface area contributed by atoms with E-state index in [0.717, 1.165) is 50.4 Å². The van der Waals surface area contributed by atoms with E-state index in [0.29, 0.717) is 17.3 Å². The lowest BCUT2D eigenvalue weighted by molar-refractivity contribution is -0.134. The first-order valence-corrected chi connectivity index (χ1v) is 9.55. The predicted octanol–water partition coefficient (Wildman–Crippen LogP) is 0.775. The molecule has 3 fully saturated rings. The first-order valence-electron chi connectivity index (χ1n) is 9.55. The number of H-pyrrole nitrogens is 2. The predicted molar refractivity (Wildman–Crippen MR) is 100 cm³/mol. The first-order chi connectivity index (χ1) is 13.0. The van der Waals surface area contributed by atoms with Crippen molar-refractivity contribution in [1.29, 1.82) is 0 Å². The SMILES string of the molecule is Cc1ncc(CC(=O)N2C[C@H]3CC[C@@H]2CN(Cc2nc[nH]c2C)C3)c(=O)[nH]1. The number of aryl methyl sites for hydroxylation is 2. The lowest BCUT2D eigenvalue weighted by Gasteiger charge is -2.36. The van der Waals surface area contributed by atoms with Crippen molar-refractivity contribution in [3.8, 4) is 0 Å². The zero-order chi connectivity index (χ0) is 19.0. The van der Waals surface area contributed by atoms with Gasteiger partial charge in [-0.1, -0.05) is 0 Å². The molecule has 1 amide bonds. The van der Waals surface area contributed by atoms with Crippen LogP contribution in [0.5, 0.6) is 0 Å². The molecule has 2 bridgehead atoms. The van der Waals surface area contributed by atoms with Gasteiger partial charge in [-0.2, -0.15) is 0 Å². The molecule has 2 N–H and O–H groups in total. The largest absolute Gasteiger partial charge is 0.348 e. The third kappa shape index (κ3) is 3.80. The van der Waals surface area contributed by atoms with E-state index in [1.807, 2.05) is 11.8 Å². The minimum absolute atomic E-state index is 0.0265. The fraction of sp³-hybridized carbons (Fsp3) is 0.579. The summed E-state index contributed by atoms with van der Waals surface area (Å²) in [6.07, 6.45) is 5.55. The maximum Gasteiger partial charge on any atom is 0.254 e. The van der Waals surface area contributed by atoms with Gasteiger partial charge in [-0.15, -0.1) is 0 Å². The fourth-order valence-corrected chi connectivity index (χ4v) is 4.27. The average Bonchev–Trinajstić information content (AvgIpc) is 2.84. The summed E-state index contributed by atoms with van der Waals surface area (Å²) in [6.45, 7) is 7.20. The molecule has 3 saturated heterocycles. The molecule has 27 heavy (non-hydrogen) atoms. The van der Waals surface area contributed by atoms with Crippen LogP contribution in [-0.2, 0) is 17.8 Å². The van der Waals surface area contributed by atoms with Gasteiger partial charge in [0.05, 0.1) is 18.4 Å². The minimum Gasteiger partial charge on any atom is -0.348 e. The van der Waals surface area contributed by atoms with Crippen LogP contribution in [-0.4, -0.2) is 61.3 Å². The number of fused-ring (bicyclic) bond motifs is 4. The van der Waals surface area contributed by atoms with Crippen LogP contribution in [0.15, 0.2) is 17.3 Å². The van der Waals surface area contributed by atoms with Gasteiger partial charge in [0.25, 0.3) is 5.56 Å². The first kappa shape index (κ1) is 17.9. The highest BCUT2D eigenvalue weighted by Gasteiger charge is 2.37. The van der Waals surface area contributed by atoms with E-state index in [1.54, 1.807) is 13.3 Å². The minimum atomic E-state index is -0.216. The maximum atomic E-state index is 12.9. The summed E-state index contributed by atoms with van der Waals surface area (Å²) in [4.78, 5) is 43.8. The van der Waals surface area contributed by atoms with Gasteiger partial charge in [0.2, 0.25) is 5.91 Å². The van der Waals surface area contributed by atoms with Gasteiger partial charge in [-0.25, -0.2) is 9.97 Å².